The third-order valence-electron chi connectivity index (χ3n) is 3.50. The Bertz CT molecular complexity index is 608. The van der Waals surface area contributed by atoms with Crippen molar-refractivity contribution >= 4 is 23.2 Å². The molecule has 0 aliphatic carbocycles. The Kier molecular flexibility index (Phi) is 5.51. The largest absolute Gasteiger partial charge is 0.488 e. The van der Waals surface area contributed by atoms with Gasteiger partial charge in [-0.3, -0.25) is 0 Å². The molecular formula is C17H19Cl2NO. The third kappa shape index (κ3) is 3.91. The number of rotatable bonds is 5. The molecule has 2 rings (SSSR count). The smallest absolute Gasteiger partial charge is 0.124 e. The van der Waals surface area contributed by atoms with Gasteiger partial charge in [0.1, 0.15) is 12.4 Å². The highest BCUT2D eigenvalue weighted by atomic mass is 35.5. The first-order chi connectivity index (χ1) is 10.0. The van der Waals surface area contributed by atoms with E-state index >= 15 is 0 Å². The fraction of sp³-hybridized carbons (Fsp3) is 0.294. The Morgan fingerprint density at radius 3 is 2.43 bits per heavy atom. The van der Waals surface area contributed by atoms with Crippen LogP contribution in [0, 0.1) is 6.92 Å². The molecule has 0 fully saturated rings. The average molecular weight is 324 g/mol. The Labute approximate surface area is 136 Å². The first kappa shape index (κ1) is 16.2. The van der Waals surface area contributed by atoms with Crippen LogP contribution >= 0.6 is 23.2 Å². The second kappa shape index (κ2) is 7.17. The zero-order valence-corrected chi connectivity index (χ0v) is 13.9. The second-order valence-electron chi connectivity index (χ2n) is 5.04. The fourth-order valence-corrected chi connectivity index (χ4v) is 2.61. The van der Waals surface area contributed by atoms with Gasteiger partial charge in [0.2, 0.25) is 0 Å². The predicted molar refractivity (Wildman–Crippen MR) is 89.4 cm³/mol. The molecule has 1 unspecified atom stereocenters. The minimum absolute atomic E-state index is 0.210. The minimum atomic E-state index is 0.210. The van der Waals surface area contributed by atoms with E-state index in [1.165, 1.54) is 0 Å². The summed E-state index contributed by atoms with van der Waals surface area (Å²) >= 11 is 12.4. The summed E-state index contributed by atoms with van der Waals surface area (Å²) in [5.41, 5.74) is 3.08. The molecule has 0 aliphatic rings. The zero-order valence-electron chi connectivity index (χ0n) is 12.4. The van der Waals surface area contributed by atoms with E-state index in [1.807, 2.05) is 38.2 Å². The lowest BCUT2D eigenvalue weighted by Gasteiger charge is -2.18. The van der Waals surface area contributed by atoms with Crippen LogP contribution in [0.1, 0.15) is 29.7 Å². The van der Waals surface area contributed by atoms with Crippen LogP contribution in [0.15, 0.2) is 36.4 Å². The van der Waals surface area contributed by atoms with E-state index in [1.54, 1.807) is 0 Å². The number of benzene rings is 2. The number of nitrogens with one attached hydrogen (secondary N) is 1. The highest BCUT2D eigenvalue weighted by Gasteiger charge is 2.12. The highest BCUT2D eigenvalue weighted by molar-refractivity contribution is 6.35. The number of aryl methyl sites for hydroxylation is 1. The van der Waals surface area contributed by atoms with Gasteiger partial charge in [-0.15, -0.1) is 0 Å². The van der Waals surface area contributed by atoms with Gasteiger partial charge < -0.3 is 10.1 Å². The maximum atomic E-state index is 6.18. The molecule has 0 aliphatic heterocycles. The molecular weight excluding hydrogens is 305 g/mol. The van der Waals surface area contributed by atoms with Gasteiger partial charge in [0.25, 0.3) is 0 Å². The van der Waals surface area contributed by atoms with E-state index < -0.39 is 0 Å². The van der Waals surface area contributed by atoms with E-state index in [0.29, 0.717) is 16.7 Å². The monoisotopic (exact) mass is 323 g/mol. The fourth-order valence-electron chi connectivity index (χ4n) is 2.10. The lowest BCUT2D eigenvalue weighted by Crippen LogP contribution is -2.14. The molecule has 112 valence electrons. The summed E-state index contributed by atoms with van der Waals surface area (Å²) < 4.78 is 5.98. The maximum absolute atomic E-state index is 6.18. The van der Waals surface area contributed by atoms with Crippen LogP contribution in [-0.2, 0) is 6.61 Å². The van der Waals surface area contributed by atoms with Crippen molar-refractivity contribution < 1.29 is 4.74 Å². The summed E-state index contributed by atoms with van der Waals surface area (Å²) in [4.78, 5) is 0. The summed E-state index contributed by atoms with van der Waals surface area (Å²) in [6.07, 6.45) is 0. The van der Waals surface area contributed by atoms with Gasteiger partial charge in [-0.05, 0) is 44.7 Å². The van der Waals surface area contributed by atoms with Crippen molar-refractivity contribution in [2.75, 3.05) is 7.05 Å². The lowest BCUT2D eigenvalue weighted by molar-refractivity contribution is 0.300. The molecule has 0 spiro atoms. The van der Waals surface area contributed by atoms with Crippen LogP contribution in [0.5, 0.6) is 5.75 Å². The molecule has 4 heteroatoms. The number of ether oxygens (including phenoxy) is 1. The topological polar surface area (TPSA) is 21.3 Å². The maximum Gasteiger partial charge on any atom is 0.124 e. The van der Waals surface area contributed by atoms with Crippen molar-refractivity contribution in [1.29, 1.82) is 0 Å². The van der Waals surface area contributed by atoms with Crippen molar-refractivity contribution in [3.63, 3.8) is 0 Å². The SMILES string of the molecule is CNC(C)c1ccc(C)cc1OCc1c(Cl)cccc1Cl. The van der Waals surface area contributed by atoms with Gasteiger partial charge in [0.05, 0.1) is 0 Å². The molecule has 0 heterocycles. The van der Waals surface area contributed by atoms with Gasteiger partial charge >= 0.3 is 0 Å². The molecule has 2 aromatic rings. The van der Waals surface area contributed by atoms with Crippen molar-refractivity contribution in [2.45, 2.75) is 26.5 Å². The molecule has 21 heavy (non-hydrogen) atoms. The summed E-state index contributed by atoms with van der Waals surface area (Å²) in [6, 6.07) is 11.9. The molecule has 0 radical (unpaired) electrons. The Morgan fingerprint density at radius 2 is 1.81 bits per heavy atom. The van der Waals surface area contributed by atoms with E-state index in [0.717, 1.165) is 22.4 Å². The number of hydrogen-bond acceptors (Lipinski definition) is 2. The standard InChI is InChI=1S/C17H19Cl2NO/c1-11-7-8-13(12(2)20-3)17(9-11)21-10-14-15(18)5-4-6-16(14)19/h4-9,12,20H,10H2,1-3H3. The molecule has 0 aromatic heterocycles. The summed E-state index contributed by atoms with van der Waals surface area (Å²) in [7, 11) is 1.93. The van der Waals surface area contributed by atoms with Crippen molar-refractivity contribution in [1.82, 2.24) is 5.32 Å². The second-order valence-corrected chi connectivity index (χ2v) is 5.85. The van der Waals surface area contributed by atoms with Crippen molar-refractivity contribution in [3.05, 3.63) is 63.1 Å². The molecule has 0 saturated carbocycles. The van der Waals surface area contributed by atoms with Gasteiger partial charge in [-0.1, -0.05) is 41.4 Å². The summed E-state index contributed by atoms with van der Waals surface area (Å²) in [6.45, 7) is 4.49. The normalized spacial score (nSPS) is 12.2. The van der Waals surface area contributed by atoms with Crippen LogP contribution in [-0.4, -0.2) is 7.05 Å². The van der Waals surface area contributed by atoms with E-state index in [2.05, 4.69) is 24.4 Å². The minimum Gasteiger partial charge on any atom is -0.488 e. The molecule has 0 saturated heterocycles. The molecule has 2 nitrogen and oxygen atoms in total. The molecule has 0 bridgehead atoms. The van der Waals surface area contributed by atoms with Crippen molar-refractivity contribution in [3.8, 4) is 5.75 Å². The molecule has 2 aromatic carbocycles. The third-order valence-corrected chi connectivity index (χ3v) is 4.21. The zero-order chi connectivity index (χ0) is 15.4. The van der Waals surface area contributed by atoms with E-state index in [9.17, 15) is 0 Å². The quantitative estimate of drug-likeness (QED) is 0.820. The van der Waals surface area contributed by atoms with Crippen LogP contribution < -0.4 is 10.1 Å². The van der Waals surface area contributed by atoms with Crippen LogP contribution in [0.3, 0.4) is 0 Å². The first-order valence-electron chi connectivity index (χ1n) is 6.86. The Balaban J connectivity index is 2.25. The average Bonchev–Trinajstić information content (AvgIpc) is 2.46. The number of halogens is 2. The molecule has 1 atom stereocenters. The number of hydrogen-bond donors (Lipinski definition) is 1. The Morgan fingerprint density at radius 1 is 1.14 bits per heavy atom. The van der Waals surface area contributed by atoms with Crippen LogP contribution in [0.4, 0.5) is 0 Å². The van der Waals surface area contributed by atoms with Gasteiger partial charge in [-0.2, -0.15) is 0 Å². The van der Waals surface area contributed by atoms with Gasteiger partial charge in [-0.25, -0.2) is 0 Å². The van der Waals surface area contributed by atoms with Crippen LogP contribution in [0.25, 0.3) is 0 Å². The summed E-state index contributed by atoms with van der Waals surface area (Å²) in [5.74, 6) is 0.854. The van der Waals surface area contributed by atoms with E-state index in [-0.39, 0.29) is 6.04 Å². The molecule has 0 amide bonds. The van der Waals surface area contributed by atoms with Gasteiger partial charge in [0, 0.05) is 27.2 Å². The lowest BCUT2D eigenvalue weighted by atomic mass is 10.1. The first-order valence-corrected chi connectivity index (χ1v) is 7.62. The Hall–Kier alpha value is -1.22. The highest BCUT2D eigenvalue weighted by Crippen LogP contribution is 2.30. The van der Waals surface area contributed by atoms with Crippen LogP contribution in [0.2, 0.25) is 10.0 Å². The van der Waals surface area contributed by atoms with E-state index in [4.69, 9.17) is 27.9 Å². The van der Waals surface area contributed by atoms with Crippen molar-refractivity contribution in [2.24, 2.45) is 0 Å². The predicted octanol–water partition coefficient (Wildman–Crippen LogP) is 5.16. The summed E-state index contributed by atoms with van der Waals surface area (Å²) in [5, 5.41) is 4.48. The van der Waals surface area contributed by atoms with Gasteiger partial charge in [0.15, 0.2) is 0 Å². The molecule has 1 N–H and O–H groups in total.